The Hall–Kier alpha value is -1.57. The van der Waals surface area contributed by atoms with Crippen molar-refractivity contribution in [3.8, 4) is 0 Å². The monoisotopic (exact) mass is 236 g/mol. The van der Waals surface area contributed by atoms with E-state index in [1.165, 1.54) is 6.92 Å². The van der Waals surface area contributed by atoms with Crippen LogP contribution in [0, 0.1) is 0 Å². The van der Waals surface area contributed by atoms with Crippen LogP contribution in [0.25, 0.3) is 0 Å². The number of allylic oxidation sites excluding steroid dienone is 4. The Labute approximate surface area is 105 Å². The van der Waals surface area contributed by atoms with E-state index in [1.54, 1.807) is 18.2 Å². The zero-order valence-corrected chi connectivity index (χ0v) is 11.5. The third-order valence-electron chi connectivity index (χ3n) is 1.67. The van der Waals surface area contributed by atoms with Crippen LogP contribution in [-0.4, -0.2) is 5.97 Å². The Morgan fingerprint density at radius 3 is 2.24 bits per heavy atom. The van der Waals surface area contributed by atoms with Gasteiger partial charge < -0.3 is 4.74 Å². The van der Waals surface area contributed by atoms with E-state index in [1.807, 2.05) is 19.9 Å². The number of rotatable bonds is 6. The molecule has 17 heavy (non-hydrogen) atoms. The van der Waals surface area contributed by atoms with Crippen molar-refractivity contribution in [3.63, 3.8) is 0 Å². The third kappa shape index (κ3) is 9.36. The molecule has 0 aliphatic rings. The van der Waals surface area contributed by atoms with Gasteiger partial charge in [-0.1, -0.05) is 58.6 Å². The Kier molecular flexibility index (Phi) is 13.1. The molecule has 0 amide bonds. The zero-order chi connectivity index (χ0) is 13.7. The third-order valence-corrected chi connectivity index (χ3v) is 1.67. The van der Waals surface area contributed by atoms with E-state index in [9.17, 15) is 4.79 Å². The van der Waals surface area contributed by atoms with Crippen molar-refractivity contribution in [1.29, 1.82) is 0 Å². The minimum Gasteiger partial charge on any atom is -0.426 e. The Morgan fingerprint density at radius 1 is 1.29 bits per heavy atom. The van der Waals surface area contributed by atoms with E-state index >= 15 is 0 Å². The van der Waals surface area contributed by atoms with E-state index in [4.69, 9.17) is 4.74 Å². The van der Waals surface area contributed by atoms with Crippen LogP contribution in [0.5, 0.6) is 0 Å². The van der Waals surface area contributed by atoms with Crippen molar-refractivity contribution >= 4 is 5.97 Å². The second-order valence-corrected chi connectivity index (χ2v) is 3.01. The molecule has 0 radical (unpaired) electrons. The summed E-state index contributed by atoms with van der Waals surface area (Å²) < 4.78 is 5.09. The van der Waals surface area contributed by atoms with Crippen molar-refractivity contribution in [2.24, 2.45) is 0 Å². The van der Waals surface area contributed by atoms with Gasteiger partial charge in [0.1, 0.15) is 5.76 Å². The summed E-state index contributed by atoms with van der Waals surface area (Å²) in [4.78, 5) is 10.9. The lowest BCUT2D eigenvalue weighted by Gasteiger charge is -2.07. The Bertz CT molecular complexity index is 296. The fraction of sp³-hybridized carbons (Fsp3) is 0.400. The van der Waals surface area contributed by atoms with Crippen LogP contribution in [-0.2, 0) is 9.53 Å². The van der Waals surface area contributed by atoms with Gasteiger partial charge in [-0.05, 0) is 12.5 Å². The van der Waals surface area contributed by atoms with E-state index < -0.39 is 0 Å². The van der Waals surface area contributed by atoms with Gasteiger partial charge in [0.2, 0.25) is 0 Å². The topological polar surface area (TPSA) is 26.3 Å². The van der Waals surface area contributed by atoms with Crippen LogP contribution in [0.2, 0.25) is 0 Å². The SMILES string of the molecule is C=C/C=C(C=C)/C(=C\CCC)OC(C)=O.CC. The van der Waals surface area contributed by atoms with E-state index in [2.05, 4.69) is 20.1 Å². The largest absolute Gasteiger partial charge is 0.426 e. The first kappa shape index (κ1) is 17.8. The van der Waals surface area contributed by atoms with Crippen molar-refractivity contribution in [2.75, 3.05) is 0 Å². The predicted molar refractivity (Wildman–Crippen MR) is 74.6 cm³/mol. The summed E-state index contributed by atoms with van der Waals surface area (Å²) in [6.45, 7) is 14.7. The van der Waals surface area contributed by atoms with Gasteiger partial charge in [0, 0.05) is 12.5 Å². The second-order valence-electron chi connectivity index (χ2n) is 3.01. The van der Waals surface area contributed by atoms with Gasteiger partial charge in [0.25, 0.3) is 0 Å². The van der Waals surface area contributed by atoms with Gasteiger partial charge in [-0.2, -0.15) is 0 Å². The lowest BCUT2D eigenvalue weighted by atomic mass is 10.1. The summed E-state index contributed by atoms with van der Waals surface area (Å²) in [6.07, 6.45) is 8.80. The molecule has 0 aliphatic carbocycles. The van der Waals surface area contributed by atoms with Crippen LogP contribution >= 0.6 is 0 Å². The van der Waals surface area contributed by atoms with Gasteiger partial charge in [0.15, 0.2) is 0 Å². The summed E-state index contributed by atoms with van der Waals surface area (Å²) in [5, 5.41) is 0. The highest BCUT2D eigenvalue weighted by atomic mass is 16.5. The number of esters is 1. The molecule has 0 aromatic carbocycles. The van der Waals surface area contributed by atoms with Crippen LogP contribution in [0.1, 0.15) is 40.5 Å². The summed E-state index contributed by atoms with van der Waals surface area (Å²) in [5.41, 5.74) is 0.772. The molecule has 0 rings (SSSR count). The smallest absolute Gasteiger partial charge is 0.308 e. The molecule has 0 unspecified atom stereocenters. The number of hydrogen-bond acceptors (Lipinski definition) is 2. The molecular formula is C15H24O2. The highest BCUT2D eigenvalue weighted by molar-refractivity contribution is 5.68. The van der Waals surface area contributed by atoms with Crippen molar-refractivity contribution < 1.29 is 9.53 Å². The lowest BCUT2D eigenvalue weighted by Crippen LogP contribution is -2.00. The zero-order valence-electron chi connectivity index (χ0n) is 11.5. The maximum atomic E-state index is 10.9. The fourth-order valence-electron chi connectivity index (χ4n) is 1.03. The molecular weight excluding hydrogens is 212 g/mol. The van der Waals surface area contributed by atoms with E-state index in [-0.39, 0.29) is 5.97 Å². The normalized spacial score (nSPS) is 11.1. The summed E-state index contributed by atoms with van der Waals surface area (Å²) in [5.74, 6) is 0.230. The minimum absolute atomic E-state index is 0.325. The highest BCUT2D eigenvalue weighted by Crippen LogP contribution is 2.14. The van der Waals surface area contributed by atoms with Crippen LogP contribution in [0.4, 0.5) is 0 Å². The molecule has 2 nitrogen and oxygen atoms in total. The predicted octanol–water partition coefficient (Wildman–Crippen LogP) is 4.56. The first-order valence-corrected chi connectivity index (χ1v) is 5.99. The number of carbonyl (C=O) groups excluding carboxylic acids is 1. The van der Waals surface area contributed by atoms with E-state index in [0.717, 1.165) is 18.4 Å². The first-order valence-electron chi connectivity index (χ1n) is 5.99. The Balaban J connectivity index is 0. The maximum Gasteiger partial charge on any atom is 0.308 e. The Morgan fingerprint density at radius 2 is 1.88 bits per heavy atom. The molecule has 0 heterocycles. The average Bonchev–Trinajstić information content (AvgIpc) is 2.33. The molecule has 0 aromatic heterocycles. The van der Waals surface area contributed by atoms with Crippen molar-refractivity contribution in [1.82, 2.24) is 0 Å². The fourth-order valence-corrected chi connectivity index (χ4v) is 1.03. The first-order chi connectivity index (χ1) is 8.15. The quantitative estimate of drug-likeness (QED) is 0.384. The van der Waals surface area contributed by atoms with Crippen molar-refractivity contribution in [3.05, 3.63) is 48.8 Å². The number of carbonyl (C=O) groups is 1. The maximum absolute atomic E-state index is 10.9. The minimum atomic E-state index is -0.325. The standard InChI is InChI=1S/C13H18O2.C2H6/c1-5-8-10-13(15-11(4)14)12(7-3)9-6-2;1-2/h6-7,9-10H,2-3,5,8H2,1,4H3;1-2H3/b12-9+,13-10+;. The molecule has 0 spiro atoms. The van der Waals surface area contributed by atoms with Gasteiger partial charge in [-0.3, -0.25) is 4.79 Å². The van der Waals surface area contributed by atoms with Crippen LogP contribution in [0.15, 0.2) is 48.8 Å². The molecule has 0 saturated carbocycles. The van der Waals surface area contributed by atoms with Crippen LogP contribution < -0.4 is 0 Å². The van der Waals surface area contributed by atoms with Crippen LogP contribution in [0.3, 0.4) is 0 Å². The molecule has 0 atom stereocenters. The van der Waals surface area contributed by atoms with Crippen molar-refractivity contribution in [2.45, 2.75) is 40.5 Å². The van der Waals surface area contributed by atoms with Gasteiger partial charge in [-0.25, -0.2) is 0 Å². The second kappa shape index (κ2) is 12.5. The van der Waals surface area contributed by atoms with E-state index in [0.29, 0.717) is 5.76 Å². The molecule has 0 N–H and O–H groups in total. The number of ether oxygens (including phenoxy) is 1. The number of hydrogen-bond donors (Lipinski definition) is 0. The molecule has 0 saturated heterocycles. The molecule has 0 bridgehead atoms. The van der Waals surface area contributed by atoms with Gasteiger partial charge >= 0.3 is 5.97 Å². The molecule has 2 heteroatoms. The molecule has 0 aromatic rings. The average molecular weight is 236 g/mol. The summed E-state index contributed by atoms with van der Waals surface area (Å²) in [7, 11) is 0. The van der Waals surface area contributed by atoms with Gasteiger partial charge in [0.05, 0.1) is 0 Å². The summed E-state index contributed by atoms with van der Waals surface area (Å²) in [6, 6.07) is 0. The molecule has 0 aliphatic heterocycles. The summed E-state index contributed by atoms with van der Waals surface area (Å²) >= 11 is 0. The molecule has 0 fully saturated rings. The molecule has 96 valence electrons. The lowest BCUT2D eigenvalue weighted by molar-refractivity contribution is -0.136. The van der Waals surface area contributed by atoms with Gasteiger partial charge in [-0.15, -0.1) is 0 Å². The number of unbranched alkanes of at least 4 members (excludes halogenated alkanes) is 1. The highest BCUT2D eigenvalue weighted by Gasteiger charge is 2.04.